The van der Waals surface area contributed by atoms with Crippen molar-refractivity contribution in [2.24, 2.45) is 0 Å². The predicted molar refractivity (Wildman–Crippen MR) is 83.2 cm³/mol. The zero-order valence-electron chi connectivity index (χ0n) is 11.6. The third-order valence-corrected chi connectivity index (χ3v) is 4.38. The fraction of sp³-hybridized carbons (Fsp3) is 0.294. The molecule has 1 heterocycles. The number of aliphatic hydroxyl groups is 1. The van der Waals surface area contributed by atoms with Gasteiger partial charge in [0, 0.05) is 29.4 Å². The average Bonchev–Trinajstić information content (AvgIpc) is 2.48. The summed E-state index contributed by atoms with van der Waals surface area (Å²) in [7, 11) is 0. The second kappa shape index (κ2) is 5.66. The third kappa shape index (κ3) is 2.89. The van der Waals surface area contributed by atoms with E-state index >= 15 is 0 Å². The van der Waals surface area contributed by atoms with E-state index in [1.807, 2.05) is 30.3 Å². The van der Waals surface area contributed by atoms with Crippen molar-refractivity contribution in [3.05, 3.63) is 64.9 Å². The lowest BCUT2D eigenvalue weighted by atomic mass is 9.84. The molecule has 0 spiro atoms. The largest absolute Gasteiger partial charge is 0.385 e. The Morgan fingerprint density at radius 2 is 1.71 bits per heavy atom. The molecule has 1 saturated heterocycles. The number of piperidine rings is 1. The zero-order chi connectivity index (χ0) is 14.9. The minimum absolute atomic E-state index is 0.347. The van der Waals surface area contributed by atoms with Crippen LogP contribution in [0, 0.1) is 5.82 Å². The highest BCUT2D eigenvalue weighted by Crippen LogP contribution is 2.36. The van der Waals surface area contributed by atoms with Gasteiger partial charge < -0.3 is 10.0 Å². The maximum absolute atomic E-state index is 14.0. The molecule has 1 N–H and O–H groups in total. The Morgan fingerprint density at radius 3 is 2.33 bits per heavy atom. The molecule has 1 aliphatic heterocycles. The van der Waals surface area contributed by atoms with E-state index in [4.69, 9.17) is 11.6 Å². The molecular weight excluding hydrogens is 289 g/mol. The van der Waals surface area contributed by atoms with Gasteiger partial charge in [-0.3, -0.25) is 0 Å². The van der Waals surface area contributed by atoms with E-state index in [0.29, 0.717) is 36.5 Å². The minimum Gasteiger partial charge on any atom is -0.385 e. The first-order chi connectivity index (χ1) is 10.1. The number of hydrogen-bond acceptors (Lipinski definition) is 2. The monoisotopic (exact) mass is 305 g/mol. The van der Waals surface area contributed by atoms with Crippen LogP contribution in [0.15, 0.2) is 48.5 Å². The van der Waals surface area contributed by atoms with Gasteiger partial charge in [0.1, 0.15) is 5.82 Å². The molecule has 2 aromatic carbocycles. The van der Waals surface area contributed by atoms with Gasteiger partial charge in [-0.2, -0.15) is 0 Å². The maximum Gasteiger partial charge on any atom is 0.130 e. The molecule has 1 aliphatic rings. The van der Waals surface area contributed by atoms with Gasteiger partial charge in [-0.25, -0.2) is 4.39 Å². The number of nitrogens with zero attached hydrogens (tertiary/aromatic N) is 1. The van der Waals surface area contributed by atoms with Crippen molar-refractivity contribution in [1.82, 2.24) is 0 Å². The molecule has 4 heteroatoms. The first kappa shape index (κ1) is 14.4. The molecule has 0 saturated carbocycles. The summed E-state index contributed by atoms with van der Waals surface area (Å²) in [6.07, 6.45) is 1.00. The maximum atomic E-state index is 14.0. The van der Waals surface area contributed by atoms with Crippen LogP contribution in [-0.4, -0.2) is 18.2 Å². The van der Waals surface area contributed by atoms with Gasteiger partial charge in [0.25, 0.3) is 0 Å². The molecule has 2 aromatic rings. The van der Waals surface area contributed by atoms with Crippen LogP contribution in [0.2, 0.25) is 5.02 Å². The van der Waals surface area contributed by atoms with Crippen LogP contribution in [0.3, 0.4) is 0 Å². The summed E-state index contributed by atoms with van der Waals surface area (Å²) in [6, 6.07) is 14.5. The molecule has 2 nitrogen and oxygen atoms in total. The SMILES string of the molecule is OC1(c2ccc(Cl)cc2F)CCN(c2ccccc2)CC1. The second-order valence-electron chi connectivity index (χ2n) is 5.48. The predicted octanol–water partition coefficient (Wildman–Crippen LogP) is 3.97. The Bertz CT molecular complexity index is 624. The lowest BCUT2D eigenvalue weighted by Gasteiger charge is -2.39. The Hall–Kier alpha value is -1.58. The van der Waals surface area contributed by atoms with Crippen LogP contribution in [0.5, 0.6) is 0 Å². The molecule has 0 aliphatic carbocycles. The van der Waals surface area contributed by atoms with Crippen molar-refractivity contribution in [1.29, 1.82) is 0 Å². The number of halogens is 2. The van der Waals surface area contributed by atoms with Crippen molar-refractivity contribution in [2.45, 2.75) is 18.4 Å². The van der Waals surface area contributed by atoms with Gasteiger partial charge in [0.2, 0.25) is 0 Å². The molecule has 0 radical (unpaired) electrons. The summed E-state index contributed by atoms with van der Waals surface area (Å²) < 4.78 is 14.0. The summed E-state index contributed by atoms with van der Waals surface area (Å²) in [4.78, 5) is 2.21. The number of benzene rings is 2. The van der Waals surface area contributed by atoms with Crippen molar-refractivity contribution in [3.8, 4) is 0 Å². The lowest BCUT2D eigenvalue weighted by molar-refractivity contribution is 0.00850. The van der Waals surface area contributed by atoms with Gasteiger partial charge in [-0.05, 0) is 37.1 Å². The minimum atomic E-state index is -1.11. The molecule has 3 rings (SSSR count). The molecule has 0 unspecified atom stereocenters. The quantitative estimate of drug-likeness (QED) is 0.907. The average molecular weight is 306 g/mol. The molecule has 110 valence electrons. The fourth-order valence-electron chi connectivity index (χ4n) is 2.91. The zero-order valence-corrected chi connectivity index (χ0v) is 12.4. The highest BCUT2D eigenvalue weighted by molar-refractivity contribution is 6.30. The Kier molecular flexibility index (Phi) is 3.87. The van der Waals surface area contributed by atoms with E-state index in [9.17, 15) is 9.50 Å². The van der Waals surface area contributed by atoms with Crippen LogP contribution in [0.4, 0.5) is 10.1 Å². The second-order valence-corrected chi connectivity index (χ2v) is 5.91. The van der Waals surface area contributed by atoms with Crippen molar-refractivity contribution in [2.75, 3.05) is 18.0 Å². The fourth-order valence-corrected chi connectivity index (χ4v) is 3.07. The molecule has 0 aromatic heterocycles. The Balaban J connectivity index is 1.78. The van der Waals surface area contributed by atoms with Crippen LogP contribution in [0.1, 0.15) is 18.4 Å². The summed E-state index contributed by atoms with van der Waals surface area (Å²) in [5.41, 5.74) is 0.371. The van der Waals surface area contributed by atoms with Crippen molar-refractivity contribution >= 4 is 17.3 Å². The normalized spacial score (nSPS) is 17.8. The summed E-state index contributed by atoms with van der Waals surface area (Å²) in [5, 5.41) is 11.1. The van der Waals surface area contributed by atoms with Gasteiger partial charge in [0.05, 0.1) is 5.60 Å². The van der Waals surface area contributed by atoms with Gasteiger partial charge >= 0.3 is 0 Å². The van der Waals surface area contributed by atoms with E-state index in [2.05, 4.69) is 4.90 Å². The molecule has 0 amide bonds. The number of hydrogen-bond donors (Lipinski definition) is 1. The molecule has 0 bridgehead atoms. The molecular formula is C17H17ClFNO. The number of para-hydroxylation sites is 1. The third-order valence-electron chi connectivity index (χ3n) is 4.14. The first-order valence-electron chi connectivity index (χ1n) is 7.06. The summed E-state index contributed by atoms with van der Waals surface area (Å²) >= 11 is 5.77. The van der Waals surface area contributed by atoms with E-state index in [1.54, 1.807) is 12.1 Å². The number of rotatable bonds is 2. The summed E-state index contributed by atoms with van der Waals surface area (Å²) in [6.45, 7) is 1.39. The number of anilines is 1. The molecule has 0 atom stereocenters. The smallest absolute Gasteiger partial charge is 0.130 e. The Labute approximate surface area is 128 Å². The van der Waals surface area contributed by atoms with Crippen molar-refractivity contribution < 1.29 is 9.50 Å². The molecule has 21 heavy (non-hydrogen) atoms. The van der Waals surface area contributed by atoms with E-state index in [-0.39, 0.29) is 0 Å². The van der Waals surface area contributed by atoms with Crippen LogP contribution in [0.25, 0.3) is 0 Å². The van der Waals surface area contributed by atoms with Crippen LogP contribution < -0.4 is 4.90 Å². The van der Waals surface area contributed by atoms with Crippen molar-refractivity contribution in [3.63, 3.8) is 0 Å². The van der Waals surface area contributed by atoms with Gasteiger partial charge in [0.15, 0.2) is 0 Å². The van der Waals surface area contributed by atoms with E-state index in [1.165, 1.54) is 6.07 Å². The lowest BCUT2D eigenvalue weighted by Crippen LogP contribution is -2.43. The van der Waals surface area contributed by atoms with E-state index in [0.717, 1.165) is 5.69 Å². The highest BCUT2D eigenvalue weighted by atomic mass is 35.5. The first-order valence-corrected chi connectivity index (χ1v) is 7.44. The van der Waals surface area contributed by atoms with Gasteiger partial charge in [-0.15, -0.1) is 0 Å². The highest BCUT2D eigenvalue weighted by Gasteiger charge is 2.36. The van der Waals surface area contributed by atoms with Crippen LogP contribution >= 0.6 is 11.6 Å². The molecule has 1 fully saturated rings. The standard InChI is InChI=1S/C17H17ClFNO/c18-13-6-7-15(16(19)12-13)17(21)8-10-20(11-9-17)14-4-2-1-3-5-14/h1-7,12,21H,8-11H2. The Morgan fingerprint density at radius 1 is 1.05 bits per heavy atom. The topological polar surface area (TPSA) is 23.5 Å². The van der Waals surface area contributed by atoms with E-state index < -0.39 is 11.4 Å². The van der Waals surface area contributed by atoms with Crippen LogP contribution in [-0.2, 0) is 5.60 Å². The summed E-state index contributed by atoms with van der Waals surface area (Å²) in [5.74, 6) is -0.432. The van der Waals surface area contributed by atoms with Gasteiger partial charge in [-0.1, -0.05) is 35.9 Å².